The molecule has 4 heteroatoms. The number of piperidine rings is 1. The van der Waals surface area contributed by atoms with Crippen LogP contribution in [-0.2, 0) is 18.4 Å². The van der Waals surface area contributed by atoms with E-state index >= 15 is 0 Å². The zero-order valence-corrected chi connectivity index (χ0v) is 17.0. The van der Waals surface area contributed by atoms with Crippen molar-refractivity contribution in [1.29, 1.82) is 0 Å². The van der Waals surface area contributed by atoms with E-state index in [0.29, 0.717) is 6.04 Å². The Hall–Kier alpha value is -1.91. The van der Waals surface area contributed by atoms with Crippen molar-refractivity contribution >= 4 is 5.69 Å². The molecule has 0 amide bonds. The Morgan fingerprint density at radius 3 is 2.43 bits per heavy atom. The summed E-state index contributed by atoms with van der Waals surface area (Å²) in [7, 11) is 0. The van der Waals surface area contributed by atoms with Gasteiger partial charge in [-0.15, -0.1) is 0 Å². The lowest BCUT2D eigenvalue weighted by molar-refractivity contribution is 0.0786. The van der Waals surface area contributed by atoms with E-state index in [1.807, 2.05) is 26.0 Å². The average molecular weight is 383 g/mol. The van der Waals surface area contributed by atoms with Crippen LogP contribution >= 0.6 is 0 Å². The van der Waals surface area contributed by atoms with Gasteiger partial charge in [0, 0.05) is 37.9 Å². The third-order valence-electron chi connectivity index (χ3n) is 6.35. The second-order valence-corrected chi connectivity index (χ2v) is 8.80. The van der Waals surface area contributed by atoms with Crippen molar-refractivity contribution in [3.63, 3.8) is 0 Å². The zero-order chi connectivity index (χ0) is 19.7. The summed E-state index contributed by atoms with van der Waals surface area (Å²) in [4.78, 5) is 5.10. The molecule has 2 aliphatic rings. The molecule has 0 radical (unpaired) electrons. The Morgan fingerprint density at radius 1 is 1.04 bits per heavy atom. The minimum atomic E-state index is -0.799. The SMILES string of the molecule is CC(C)(O)c1ccc2c(c1)N(C1CCN(CCc3ccc(F)cc3)CC1)CC2. The van der Waals surface area contributed by atoms with Gasteiger partial charge < -0.3 is 14.9 Å². The Balaban J connectivity index is 1.34. The second kappa shape index (κ2) is 7.84. The molecule has 0 spiro atoms. The first-order valence-electron chi connectivity index (χ1n) is 10.5. The lowest BCUT2D eigenvalue weighted by atomic mass is 9.95. The third kappa shape index (κ3) is 4.23. The molecule has 0 aliphatic carbocycles. The van der Waals surface area contributed by atoms with E-state index < -0.39 is 5.60 Å². The summed E-state index contributed by atoms with van der Waals surface area (Å²) in [6.07, 6.45) is 4.43. The van der Waals surface area contributed by atoms with Gasteiger partial charge in [-0.1, -0.05) is 24.3 Å². The predicted molar refractivity (Wildman–Crippen MR) is 112 cm³/mol. The molecule has 2 aromatic rings. The topological polar surface area (TPSA) is 26.7 Å². The lowest BCUT2D eigenvalue weighted by Crippen LogP contribution is -2.45. The molecule has 2 heterocycles. The Morgan fingerprint density at radius 2 is 1.75 bits per heavy atom. The molecule has 150 valence electrons. The van der Waals surface area contributed by atoms with Crippen LogP contribution < -0.4 is 4.90 Å². The summed E-state index contributed by atoms with van der Waals surface area (Å²) in [5, 5.41) is 10.4. The van der Waals surface area contributed by atoms with Crippen LogP contribution in [0.3, 0.4) is 0 Å². The van der Waals surface area contributed by atoms with E-state index in [1.165, 1.54) is 29.7 Å². The molecule has 1 fully saturated rings. The molecule has 0 aromatic heterocycles. The molecule has 0 unspecified atom stereocenters. The Kier molecular flexibility index (Phi) is 5.44. The van der Waals surface area contributed by atoms with Crippen LogP contribution in [0.15, 0.2) is 42.5 Å². The van der Waals surface area contributed by atoms with Crippen molar-refractivity contribution in [3.8, 4) is 0 Å². The highest BCUT2D eigenvalue weighted by molar-refractivity contribution is 5.61. The fraction of sp³-hybridized carbons (Fsp3) is 0.500. The molecule has 0 bridgehead atoms. The largest absolute Gasteiger partial charge is 0.386 e. The molecule has 2 aliphatic heterocycles. The molecule has 4 rings (SSSR count). The van der Waals surface area contributed by atoms with Crippen molar-refractivity contribution in [2.45, 2.75) is 51.2 Å². The first-order valence-corrected chi connectivity index (χ1v) is 10.5. The van der Waals surface area contributed by atoms with Crippen LogP contribution in [0.2, 0.25) is 0 Å². The highest BCUT2D eigenvalue weighted by Crippen LogP contribution is 2.35. The number of hydrogen-bond acceptors (Lipinski definition) is 3. The molecule has 0 saturated carbocycles. The van der Waals surface area contributed by atoms with Crippen LogP contribution in [0.4, 0.5) is 10.1 Å². The minimum absolute atomic E-state index is 0.164. The molecular weight excluding hydrogens is 351 g/mol. The van der Waals surface area contributed by atoms with Crippen molar-refractivity contribution < 1.29 is 9.50 Å². The summed E-state index contributed by atoms with van der Waals surface area (Å²) < 4.78 is 13.0. The molecule has 0 atom stereocenters. The van der Waals surface area contributed by atoms with E-state index in [9.17, 15) is 9.50 Å². The maximum Gasteiger partial charge on any atom is 0.123 e. The second-order valence-electron chi connectivity index (χ2n) is 8.80. The summed E-state index contributed by atoms with van der Waals surface area (Å²) in [6.45, 7) is 8.07. The number of likely N-dealkylation sites (tertiary alicyclic amines) is 1. The number of aliphatic hydroxyl groups is 1. The van der Waals surface area contributed by atoms with Gasteiger partial charge in [-0.25, -0.2) is 4.39 Å². The molecule has 1 saturated heterocycles. The van der Waals surface area contributed by atoms with Gasteiger partial charge in [0.1, 0.15) is 5.82 Å². The van der Waals surface area contributed by atoms with Gasteiger partial charge in [-0.2, -0.15) is 0 Å². The van der Waals surface area contributed by atoms with Gasteiger partial charge >= 0.3 is 0 Å². The summed E-state index contributed by atoms with van der Waals surface area (Å²) in [5.74, 6) is -0.164. The number of fused-ring (bicyclic) bond motifs is 1. The molecule has 3 nitrogen and oxygen atoms in total. The fourth-order valence-electron chi connectivity index (χ4n) is 4.56. The number of nitrogens with zero attached hydrogens (tertiary/aromatic N) is 2. The van der Waals surface area contributed by atoms with E-state index in [0.717, 1.165) is 44.6 Å². The van der Waals surface area contributed by atoms with E-state index in [2.05, 4.69) is 28.0 Å². The standard InChI is InChI=1S/C24H31FN2O/c1-24(2,28)20-6-5-19-10-16-27(23(19)17-20)22-11-14-26(15-12-22)13-9-18-3-7-21(25)8-4-18/h3-8,17,22,28H,9-16H2,1-2H3. The normalized spacial score (nSPS) is 18.5. The molecule has 2 aromatic carbocycles. The maximum absolute atomic E-state index is 13.0. The molecule has 28 heavy (non-hydrogen) atoms. The van der Waals surface area contributed by atoms with E-state index in [4.69, 9.17) is 0 Å². The van der Waals surface area contributed by atoms with Crippen molar-refractivity contribution in [2.24, 2.45) is 0 Å². The quantitative estimate of drug-likeness (QED) is 0.843. The fourth-order valence-corrected chi connectivity index (χ4v) is 4.56. The van der Waals surface area contributed by atoms with Gasteiger partial charge in [0.25, 0.3) is 0 Å². The predicted octanol–water partition coefficient (Wildman–Crippen LogP) is 4.12. The first-order chi connectivity index (χ1) is 13.4. The van der Waals surface area contributed by atoms with Gasteiger partial charge in [-0.3, -0.25) is 0 Å². The number of anilines is 1. The molecule has 1 N–H and O–H groups in total. The monoisotopic (exact) mass is 382 g/mol. The number of halogens is 1. The van der Waals surface area contributed by atoms with Gasteiger partial charge in [-0.05, 0) is 74.4 Å². The van der Waals surface area contributed by atoms with Crippen LogP contribution in [0.1, 0.15) is 43.4 Å². The number of rotatable bonds is 5. The zero-order valence-electron chi connectivity index (χ0n) is 17.0. The van der Waals surface area contributed by atoms with Crippen LogP contribution in [0, 0.1) is 5.82 Å². The summed E-state index contributed by atoms with van der Waals surface area (Å²) >= 11 is 0. The first kappa shape index (κ1) is 19.4. The van der Waals surface area contributed by atoms with E-state index in [-0.39, 0.29) is 5.82 Å². The van der Waals surface area contributed by atoms with Crippen molar-refractivity contribution in [1.82, 2.24) is 4.90 Å². The highest BCUT2D eigenvalue weighted by Gasteiger charge is 2.30. The van der Waals surface area contributed by atoms with Gasteiger partial charge in [0.05, 0.1) is 5.60 Å². The number of benzene rings is 2. The highest BCUT2D eigenvalue weighted by atomic mass is 19.1. The Bertz CT molecular complexity index is 804. The van der Waals surface area contributed by atoms with Gasteiger partial charge in [0.15, 0.2) is 0 Å². The van der Waals surface area contributed by atoms with Crippen LogP contribution in [0.5, 0.6) is 0 Å². The lowest BCUT2D eigenvalue weighted by Gasteiger charge is -2.38. The van der Waals surface area contributed by atoms with Crippen molar-refractivity contribution in [3.05, 3.63) is 65.0 Å². The summed E-state index contributed by atoms with van der Waals surface area (Å²) in [5.41, 5.74) is 4.13. The summed E-state index contributed by atoms with van der Waals surface area (Å²) in [6, 6.07) is 13.9. The smallest absolute Gasteiger partial charge is 0.123 e. The average Bonchev–Trinajstić information content (AvgIpc) is 3.10. The minimum Gasteiger partial charge on any atom is -0.386 e. The van der Waals surface area contributed by atoms with Gasteiger partial charge in [0.2, 0.25) is 0 Å². The molecular formula is C24H31FN2O. The van der Waals surface area contributed by atoms with E-state index in [1.54, 1.807) is 12.1 Å². The third-order valence-corrected chi connectivity index (χ3v) is 6.35. The van der Waals surface area contributed by atoms with Crippen LogP contribution in [0.25, 0.3) is 0 Å². The number of hydrogen-bond donors (Lipinski definition) is 1. The maximum atomic E-state index is 13.0. The van der Waals surface area contributed by atoms with Crippen molar-refractivity contribution in [2.75, 3.05) is 31.1 Å². The Labute approximate surface area is 167 Å². The van der Waals surface area contributed by atoms with Crippen LogP contribution in [-0.4, -0.2) is 42.2 Å².